The molecule has 0 radical (unpaired) electrons. The van der Waals surface area contributed by atoms with Crippen LogP contribution in [0, 0.1) is 0 Å². The quantitative estimate of drug-likeness (QED) is 0.411. The van der Waals surface area contributed by atoms with Gasteiger partial charge in [-0.2, -0.15) is 0 Å². The molecule has 1 amide bonds. The van der Waals surface area contributed by atoms with Crippen LogP contribution in [0.4, 0.5) is 17.1 Å². The fourth-order valence-electron chi connectivity index (χ4n) is 3.19. The number of benzene rings is 3. The fraction of sp³-hybridized carbons (Fsp3) is 0. The minimum Gasteiger partial charge on any atom is -0.478 e. The predicted molar refractivity (Wildman–Crippen MR) is 110 cm³/mol. The second-order valence-electron chi connectivity index (χ2n) is 6.39. The van der Waals surface area contributed by atoms with Crippen LogP contribution in [0.15, 0.2) is 72.8 Å². The monoisotopic (exact) mass is 371 g/mol. The molecule has 138 valence electrons. The molecular weight excluding hydrogens is 354 g/mol. The predicted octanol–water partition coefficient (Wildman–Crippen LogP) is 3.90. The highest BCUT2D eigenvalue weighted by Crippen LogP contribution is 2.38. The molecule has 0 saturated heterocycles. The topological polar surface area (TPSA) is 104 Å². The third-order valence-corrected chi connectivity index (χ3v) is 4.48. The number of anilines is 3. The highest BCUT2D eigenvalue weighted by atomic mass is 16.4. The molecule has 3 aromatic carbocycles. The molecule has 0 fully saturated rings. The maximum Gasteiger partial charge on any atom is 0.335 e. The van der Waals surface area contributed by atoms with Crippen LogP contribution in [-0.4, -0.2) is 17.0 Å². The van der Waals surface area contributed by atoms with E-state index in [1.54, 1.807) is 30.3 Å². The molecule has 0 unspecified atom stereocenters. The van der Waals surface area contributed by atoms with Gasteiger partial charge in [-0.15, -0.1) is 0 Å². The number of aromatic carboxylic acids is 1. The largest absolute Gasteiger partial charge is 0.478 e. The number of nitrogens with one attached hydrogen (secondary N) is 2. The lowest BCUT2D eigenvalue weighted by atomic mass is 9.99. The van der Waals surface area contributed by atoms with Crippen molar-refractivity contribution >= 4 is 40.2 Å². The van der Waals surface area contributed by atoms with Crippen LogP contribution >= 0.6 is 0 Å². The molecule has 4 rings (SSSR count). The number of carboxylic acids is 1. The summed E-state index contributed by atoms with van der Waals surface area (Å²) < 4.78 is 0. The smallest absolute Gasteiger partial charge is 0.335 e. The van der Waals surface area contributed by atoms with Crippen molar-refractivity contribution in [3.8, 4) is 0 Å². The first-order valence-corrected chi connectivity index (χ1v) is 8.64. The molecule has 0 spiro atoms. The average molecular weight is 371 g/mol. The van der Waals surface area contributed by atoms with Gasteiger partial charge in [-0.25, -0.2) is 4.79 Å². The Balaban J connectivity index is 1.90. The number of carbonyl (C=O) groups excluding carboxylic acids is 1. The molecule has 0 bridgehead atoms. The van der Waals surface area contributed by atoms with Gasteiger partial charge in [0.25, 0.3) is 5.91 Å². The summed E-state index contributed by atoms with van der Waals surface area (Å²) in [5, 5.41) is 15.3. The maximum absolute atomic E-state index is 12.8. The molecular formula is C22H17N3O3. The van der Waals surface area contributed by atoms with E-state index in [1.807, 2.05) is 30.3 Å². The molecule has 1 aliphatic heterocycles. The van der Waals surface area contributed by atoms with E-state index in [2.05, 4.69) is 10.6 Å². The molecule has 1 aliphatic rings. The van der Waals surface area contributed by atoms with Crippen LogP contribution in [0.25, 0.3) is 11.3 Å². The molecule has 1 heterocycles. The second kappa shape index (κ2) is 6.92. The number of hydrogen-bond donors (Lipinski definition) is 4. The summed E-state index contributed by atoms with van der Waals surface area (Å²) in [5.41, 5.74) is 10.4. The lowest BCUT2D eigenvalue weighted by molar-refractivity contribution is -0.110. The van der Waals surface area contributed by atoms with E-state index in [0.717, 1.165) is 5.56 Å². The Labute approximate surface area is 161 Å². The zero-order valence-electron chi connectivity index (χ0n) is 14.8. The molecule has 3 aromatic rings. The van der Waals surface area contributed by atoms with E-state index >= 15 is 0 Å². The number of nitrogen functional groups attached to an aromatic ring is 1. The third-order valence-electron chi connectivity index (χ3n) is 4.48. The van der Waals surface area contributed by atoms with Crippen molar-refractivity contribution in [2.24, 2.45) is 0 Å². The zero-order valence-corrected chi connectivity index (χ0v) is 14.8. The number of amides is 1. The van der Waals surface area contributed by atoms with Gasteiger partial charge in [0.15, 0.2) is 0 Å². The highest BCUT2D eigenvalue weighted by molar-refractivity contribution is 6.37. The van der Waals surface area contributed by atoms with E-state index in [-0.39, 0.29) is 11.5 Å². The number of carboxylic acid groups (broad SMARTS) is 1. The van der Waals surface area contributed by atoms with Gasteiger partial charge in [-0.1, -0.05) is 36.4 Å². The van der Waals surface area contributed by atoms with Gasteiger partial charge in [0.1, 0.15) is 0 Å². The van der Waals surface area contributed by atoms with Gasteiger partial charge >= 0.3 is 5.97 Å². The Morgan fingerprint density at radius 3 is 2.43 bits per heavy atom. The van der Waals surface area contributed by atoms with Crippen LogP contribution in [0.5, 0.6) is 0 Å². The summed E-state index contributed by atoms with van der Waals surface area (Å²) in [6, 6.07) is 21.1. The van der Waals surface area contributed by atoms with E-state index in [0.29, 0.717) is 33.9 Å². The molecule has 6 nitrogen and oxygen atoms in total. The minimum atomic E-state index is -1.02. The van der Waals surface area contributed by atoms with Gasteiger partial charge in [-0.05, 0) is 42.0 Å². The van der Waals surface area contributed by atoms with Crippen molar-refractivity contribution in [2.45, 2.75) is 0 Å². The second-order valence-corrected chi connectivity index (χ2v) is 6.39. The molecule has 6 heteroatoms. The molecule has 0 aromatic heterocycles. The molecule has 0 atom stereocenters. The maximum atomic E-state index is 12.8. The SMILES string of the molecule is Nc1ccc2c(c1)C(=C(Nc1cccc(C(=O)O)c1)c1ccccc1)C(=O)N2. The summed E-state index contributed by atoms with van der Waals surface area (Å²) in [7, 11) is 0. The molecule has 0 aliphatic carbocycles. The van der Waals surface area contributed by atoms with E-state index in [9.17, 15) is 14.7 Å². The normalized spacial score (nSPS) is 14.2. The lowest BCUT2D eigenvalue weighted by Crippen LogP contribution is -2.10. The van der Waals surface area contributed by atoms with E-state index in [1.165, 1.54) is 12.1 Å². The van der Waals surface area contributed by atoms with Gasteiger partial charge in [0, 0.05) is 22.6 Å². The minimum absolute atomic E-state index is 0.155. The van der Waals surface area contributed by atoms with Gasteiger partial charge in [0.2, 0.25) is 0 Å². The number of carbonyl (C=O) groups is 2. The fourth-order valence-corrected chi connectivity index (χ4v) is 3.19. The third kappa shape index (κ3) is 3.19. The Morgan fingerprint density at radius 2 is 1.68 bits per heavy atom. The van der Waals surface area contributed by atoms with Gasteiger partial charge < -0.3 is 21.5 Å². The Hall–Kier alpha value is -4.06. The summed E-state index contributed by atoms with van der Waals surface area (Å²) in [5.74, 6) is -1.27. The number of nitrogens with two attached hydrogens (primary N) is 1. The van der Waals surface area contributed by atoms with Crippen molar-refractivity contribution in [3.63, 3.8) is 0 Å². The van der Waals surface area contributed by atoms with Crippen LogP contribution in [-0.2, 0) is 4.79 Å². The van der Waals surface area contributed by atoms with Crippen molar-refractivity contribution in [1.29, 1.82) is 0 Å². The average Bonchev–Trinajstić information content (AvgIpc) is 3.02. The first-order chi connectivity index (χ1) is 13.5. The van der Waals surface area contributed by atoms with Crippen molar-refractivity contribution in [1.82, 2.24) is 0 Å². The molecule has 5 N–H and O–H groups in total. The van der Waals surface area contributed by atoms with Gasteiger partial charge in [-0.3, -0.25) is 4.79 Å². The Bertz CT molecular complexity index is 1120. The van der Waals surface area contributed by atoms with Crippen molar-refractivity contribution < 1.29 is 14.7 Å². The Morgan fingerprint density at radius 1 is 0.929 bits per heavy atom. The first kappa shape index (κ1) is 17.4. The summed E-state index contributed by atoms with van der Waals surface area (Å²) in [4.78, 5) is 24.1. The number of rotatable bonds is 4. The Kier molecular flexibility index (Phi) is 4.29. The molecule has 28 heavy (non-hydrogen) atoms. The van der Waals surface area contributed by atoms with E-state index in [4.69, 9.17) is 5.73 Å². The summed E-state index contributed by atoms with van der Waals surface area (Å²) >= 11 is 0. The van der Waals surface area contributed by atoms with Crippen LogP contribution in [0.3, 0.4) is 0 Å². The highest BCUT2D eigenvalue weighted by Gasteiger charge is 2.28. The van der Waals surface area contributed by atoms with Gasteiger partial charge in [0.05, 0.1) is 16.8 Å². The number of hydrogen-bond acceptors (Lipinski definition) is 4. The summed E-state index contributed by atoms with van der Waals surface area (Å²) in [6.07, 6.45) is 0. The van der Waals surface area contributed by atoms with Crippen molar-refractivity contribution in [3.05, 3.63) is 89.5 Å². The molecule has 0 saturated carbocycles. The van der Waals surface area contributed by atoms with Crippen LogP contribution < -0.4 is 16.4 Å². The van der Waals surface area contributed by atoms with Crippen molar-refractivity contribution in [2.75, 3.05) is 16.4 Å². The first-order valence-electron chi connectivity index (χ1n) is 8.64. The van der Waals surface area contributed by atoms with E-state index < -0.39 is 5.97 Å². The summed E-state index contributed by atoms with van der Waals surface area (Å²) in [6.45, 7) is 0. The standard InChI is InChI=1S/C22H17N3O3/c23-15-9-10-18-17(12-15)19(21(26)25-18)20(13-5-2-1-3-6-13)24-16-8-4-7-14(11-16)22(27)28/h1-12,24H,23H2,(H,25,26)(H,27,28). The van der Waals surface area contributed by atoms with Crippen LogP contribution in [0.2, 0.25) is 0 Å². The zero-order chi connectivity index (χ0) is 19.7. The lowest BCUT2D eigenvalue weighted by Gasteiger charge is -2.15. The number of fused-ring (bicyclic) bond motifs is 1. The van der Waals surface area contributed by atoms with Crippen LogP contribution in [0.1, 0.15) is 21.5 Å².